The van der Waals surface area contributed by atoms with Crippen LogP contribution in [-0.4, -0.2) is 64.3 Å². The highest BCUT2D eigenvalue weighted by Crippen LogP contribution is 2.18. The van der Waals surface area contributed by atoms with Crippen molar-refractivity contribution in [1.29, 1.82) is 0 Å². The number of nitrogens with zero attached hydrogens (tertiary/aromatic N) is 1. The Hall–Kier alpha value is -1.83. The monoisotopic (exact) mass is 301 g/mol. The number of carboxylic acid groups (broad SMARTS) is 1. The minimum Gasteiger partial charge on any atom is -0.480 e. The average molecular weight is 301 g/mol. The smallest absolute Gasteiger partial charge is 0.326 e. The van der Waals surface area contributed by atoms with Gasteiger partial charge in [-0.3, -0.25) is 4.79 Å². The number of rotatable bonds is 5. The van der Waals surface area contributed by atoms with Crippen LogP contribution in [0.15, 0.2) is 0 Å². The van der Waals surface area contributed by atoms with Gasteiger partial charge in [-0.2, -0.15) is 0 Å². The summed E-state index contributed by atoms with van der Waals surface area (Å²) in [7, 11) is 0. The number of carbonyl (C=O) groups excluding carboxylic acids is 2. The quantitative estimate of drug-likeness (QED) is 0.539. The topological polar surface area (TPSA) is 119 Å². The zero-order valence-corrected chi connectivity index (χ0v) is 12.5. The molecule has 120 valence electrons. The summed E-state index contributed by atoms with van der Waals surface area (Å²) in [5.41, 5.74) is 0. The van der Waals surface area contributed by atoms with Crippen molar-refractivity contribution >= 4 is 17.9 Å². The number of carbonyl (C=O) groups is 3. The zero-order valence-electron chi connectivity index (χ0n) is 12.5. The molecule has 1 aliphatic heterocycles. The van der Waals surface area contributed by atoms with Gasteiger partial charge < -0.3 is 25.7 Å². The summed E-state index contributed by atoms with van der Waals surface area (Å²) in [6.07, 6.45) is -0.863. The third-order valence-corrected chi connectivity index (χ3v) is 3.24. The molecule has 1 aliphatic rings. The summed E-state index contributed by atoms with van der Waals surface area (Å²) in [4.78, 5) is 35.9. The Bertz CT molecular complexity index is 413. The van der Waals surface area contributed by atoms with E-state index in [9.17, 15) is 19.5 Å². The molecular weight excluding hydrogens is 278 g/mol. The van der Waals surface area contributed by atoms with Gasteiger partial charge in [0.05, 0.1) is 6.10 Å². The first kappa shape index (κ1) is 17.2. The van der Waals surface area contributed by atoms with E-state index in [2.05, 4.69) is 10.6 Å². The molecule has 21 heavy (non-hydrogen) atoms. The highest BCUT2D eigenvalue weighted by molar-refractivity contribution is 5.88. The predicted octanol–water partition coefficient (Wildman–Crippen LogP) is -0.623. The number of β-amino-alcohol motifs (C(OH)–C–C–N with tert-alkyl or cyclic N) is 1. The Morgan fingerprint density at radius 2 is 1.90 bits per heavy atom. The van der Waals surface area contributed by atoms with Crippen LogP contribution in [0.2, 0.25) is 0 Å². The average Bonchev–Trinajstić information content (AvgIpc) is 2.78. The number of urea groups is 1. The van der Waals surface area contributed by atoms with E-state index in [1.165, 1.54) is 6.92 Å². The Morgan fingerprint density at radius 1 is 1.29 bits per heavy atom. The molecule has 8 heteroatoms. The van der Waals surface area contributed by atoms with Crippen molar-refractivity contribution in [2.75, 3.05) is 13.1 Å². The molecule has 1 unspecified atom stereocenters. The van der Waals surface area contributed by atoms with Crippen LogP contribution in [0, 0.1) is 5.92 Å². The van der Waals surface area contributed by atoms with E-state index in [1.54, 1.807) is 0 Å². The molecule has 0 aromatic heterocycles. The number of hydrogen-bond donors (Lipinski definition) is 4. The lowest BCUT2D eigenvalue weighted by Gasteiger charge is -2.24. The molecule has 1 saturated heterocycles. The standard InChI is InChI=1S/C13H23N3O5/c1-7(2)5-14-11(18)8(3)15-13(21)16-6-9(17)4-10(16)12(19)20/h7-10,17H,4-6H2,1-3H3,(H,14,18)(H,15,21)(H,19,20)/t8?,9-,10-/m0/s1. The fourth-order valence-electron chi connectivity index (χ4n) is 2.06. The molecule has 0 radical (unpaired) electrons. The lowest BCUT2D eigenvalue weighted by Crippen LogP contribution is -2.52. The molecule has 0 bridgehead atoms. The maximum absolute atomic E-state index is 12.0. The number of hydrogen-bond acceptors (Lipinski definition) is 4. The van der Waals surface area contributed by atoms with Gasteiger partial charge in [0, 0.05) is 19.5 Å². The number of carboxylic acids is 1. The second-order valence-corrected chi connectivity index (χ2v) is 5.71. The summed E-state index contributed by atoms with van der Waals surface area (Å²) in [6.45, 7) is 5.87. The summed E-state index contributed by atoms with van der Waals surface area (Å²) < 4.78 is 0. The molecule has 1 rings (SSSR count). The van der Waals surface area contributed by atoms with Gasteiger partial charge in [0.1, 0.15) is 12.1 Å². The van der Waals surface area contributed by atoms with Gasteiger partial charge in [-0.1, -0.05) is 13.8 Å². The Labute approximate surface area is 123 Å². The fraction of sp³-hybridized carbons (Fsp3) is 0.769. The molecule has 1 heterocycles. The molecule has 3 atom stereocenters. The van der Waals surface area contributed by atoms with Gasteiger partial charge in [0.25, 0.3) is 0 Å². The minimum atomic E-state index is -1.17. The number of likely N-dealkylation sites (tertiary alicyclic amines) is 1. The van der Waals surface area contributed by atoms with Crippen LogP contribution >= 0.6 is 0 Å². The van der Waals surface area contributed by atoms with Crippen LogP contribution < -0.4 is 10.6 Å². The lowest BCUT2D eigenvalue weighted by molar-refractivity contribution is -0.141. The van der Waals surface area contributed by atoms with Crippen molar-refractivity contribution in [3.63, 3.8) is 0 Å². The van der Waals surface area contributed by atoms with Crippen LogP contribution in [0.5, 0.6) is 0 Å². The molecule has 0 aromatic rings. The second-order valence-electron chi connectivity index (χ2n) is 5.71. The molecule has 4 N–H and O–H groups in total. The molecule has 0 saturated carbocycles. The fourth-order valence-corrected chi connectivity index (χ4v) is 2.06. The second kappa shape index (κ2) is 7.26. The third-order valence-electron chi connectivity index (χ3n) is 3.24. The van der Waals surface area contributed by atoms with E-state index in [-0.39, 0.29) is 18.9 Å². The van der Waals surface area contributed by atoms with Gasteiger partial charge in [0.2, 0.25) is 5.91 Å². The van der Waals surface area contributed by atoms with E-state index in [0.717, 1.165) is 4.90 Å². The van der Waals surface area contributed by atoms with E-state index in [0.29, 0.717) is 12.5 Å². The number of aliphatic hydroxyl groups is 1. The Kier molecular flexibility index (Phi) is 5.95. The Morgan fingerprint density at radius 3 is 2.43 bits per heavy atom. The first-order valence-electron chi connectivity index (χ1n) is 6.98. The maximum Gasteiger partial charge on any atom is 0.326 e. The van der Waals surface area contributed by atoms with Crippen molar-refractivity contribution in [2.24, 2.45) is 5.92 Å². The van der Waals surface area contributed by atoms with Crippen LogP contribution in [0.1, 0.15) is 27.2 Å². The lowest BCUT2D eigenvalue weighted by atomic mass is 10.2. The summed E-state index contributed by atoms with van der Waals surface area (Å²) in [5, 5.41) is 23.7. The number of nitrogens with one attached hydrogen (secondary N) is 2. The molecular formula is C13H23N3O5. The number of amides is 3. The van der Waals surface area contributed by atoms with E-state index in [1.807, 2.05) is 13.8 Å². The van der Waals surface area contributed by atoms with Crippen molar-refractivity contribution in [1.82, 2.24) is 15.5 Å². The molecule has 0 aliphatic carbocycles. The molecule has 0 spiro atoms. The van der Waals surface area contributed by atoms with E-state index >= 15 is 0 Å². The van der Waals surface area contributed by atoms with Gasteiger partial charge in [-0.05, 0) is 12.8 Å². The van der Waals surface area contributed by atoms with Crippen molar-refractivity contribution < 1.29 is 24.6 Å². The van der Waals surface area contributed by atoms with Gasteiger partial charge >= 0.3 is 12.0 Å². The number of aliphatic carboxylic acids is 1. The van der Waals surface area contributed by atoms with Crippen LogP contribution in [0.4, 0.5) is 4.79 Å². The van der Waals surface area contributed by atoms with E-state index < -0.39 is 30.2 Å². The first-order valence-corrected chi connectivity index (χ1v) is 6.98. The maximum atomic E-state index is 12.0. The van der Waals surface area contributed by atoms with Gasteiger partial charge in [-0.15, -0.1) is 0 Å². The van der Waals surface area contributed by atoms with E-state index in [4.69, 9.17) is 5.11 Å². The summed E-state index contributed by atoms with van der Waals surface area (Å²) in [5.74, 6) is -1.20. The third kappa shape index (κ3) is 4.89. The Balaban J connectivity index is 2.55. The molecule has 3 amide bonds. The number of aliphatic hydroxyl groups excluding tert-OH is 1. The van der Waals surface area contributed by atoms with Crippen LogP contribution in [0.25, 0.3) is 0 Å². The van der Waals surface area contributed by atoms with Crippen molar-refractivity contribution in [2.45, 2.75) is 45.4 Å². The van der Waals surface area contributed by atoms with Crippen LogP contribution in [-0.2, 0) is 9.59 Å². The van der Waals surface area contributed by atoms with Crippen molar-refractivity contribution in [3.05, 3.63) is 0 Å². The molecule has 1 fully saturated rings. The van der Waals surface area contributed by atoms with Gasteiger partial charge in [-0.25, -0.2) is 9.59 Å². The first-order chi connectivity index (χ1) is 9.72. The zero-order chi connectivity index (χ0) is 16.2. The van der Waals surface area contributed by atoms with Crippen LogP contribution in [0.3, 0.4) is 0 Å². The van der Waals surface area contributed by atoms with Gasteiger partial charge in [0.15, 0.2) is 0 Å². The highest BCUT2D eigenvalue weighted by atomic mass is 16.4. The predicted molar refractivity (Wildman–Crippen MR) is 74.6 cm³/mol. The normalized spacial score (nSPS) is 23.0. The summed E-state index contributed by atoms with van der Waals surface area (Å²) in [6, 6.07) is -2.50. The molecule has 8 nitrogen and oxygen atoms in total. The highest BCUT2D eigenvalue weighted by Gasteiger charge is 2.39. The minimum absolute atomic E-state index is 0.00329. The largest absolute Gasteiger partial charge is 0.480 e. The SMILES string of the molecule is CC(C)CNC(=O)C(C)NC(=O)N1C[C@@H](O)C[C@H]1C(=O)O. The van der Waals surface area contributed by atoms with Crippen molar-refractivity contribution in [3.8, 4) is 0 Å². The molecule has 0 aromatic carbocycles. The summed E-state index contributed by atoms with van der Waals surface area (Å²) >= 11 is 0.